The number of likely N-dealkylation sites (tertiary alicyclic amines) is 1. The summed E-state index contributed by atoms with van der Waals surface area (Å²) in [5, 5.41) is 2.73. The number of amides is 2. The Hall–Kier alpha value is -1.72. The lowest BCUT2D eigenvalue weighted by atomic mass is 9.97. The molecule has 21 heavy (non-hydrogen) atoms. The van der Waals surface area contributed by atoms with Crippen molar-refractivity contribution in [2.75, 3.05) is 26.2 Å². The molecule has 0 saturated carbocycles. The lowest BCUT2D eigenvalue weighted by molar-refractivity contribution is 0.0183. The molecule has 0 unspecified atom stereocenters. The Morgan fingerprint density at radius 3 is 2.48 bits per heavy atom. The largest absolute Gasteiger partial charge is 0.445 e. The molecule has 1 rings (SSSR count). The van der Waals surface area contributed by atoms with Crippen molar-refractivity contribution in [2.24, 2.45) is 5.92 Å². The van der Waals surface area contributed by atoms with Gasteiger partial charge in [-0.1, -0.05) is 12.7 Å². The Balaban J connectivity index is 2.24. The summed E-state index contributed by atoms with van der Waals surface area (Å²) in [6.07, 6.45) is 2.53. The van der Waals surface area contributed by atoms with E-state index in [1.165, 1.54) is 6.08 Å². The van der Waals surface area contributed by atoms with Crippen molar-refractivity contribution in [1.29, 1.82) is 0 Å². The van der Waals surface area contributed by atoms with E-state index in [1.54, 1.807) is 4.90 Å². The normalized spacial score (nSPS) is 16.2. The molecule has 0 bridgehead atoms. The van der Waals surface area contributed by atoms with Gasteiger partial charge in [0.15, 0.2) is 0 Å². The van der Waals surface area contributed by atoms with Crippen LogP contribution in [0.5, 0.6) is 0 Å². The van der Waals surface area contributed by atoms with Crippen LogP contribution in [-0.2, 0) is 9.47 Å². The van der Waals surface area contributed by atoms with E-state index >= 15 is 0 Å². The zero-order valence-corrected chi connectivity index (χ0v) is 13.2. The predicted octanol–water partition coefficient (Wildman–Crippen LogP) is 2.55. The van der Waals surface area contributed by atoms with E-state index < -0.39 is 11.7 Å². The van der Waals surface area contributed by atoms with Gasteiger partial charge in [-0.25, -0.2) is 9.59 Å². The third-order valence-corrected chi connectivity index (χ3v) is 3.13. The first kappa shape index (κ1) is 17.3. The van der Waals surface area contributed by atoms with Crippen molar-refractivity contribution >= 4 is 12.2 Å². The molecular weight excluding hydrogens is 272 g/mol. The lowest BCUT2D eigenvalue weighted by Crippen LogP contribution is -2.43. The standard InChI is InChI=1S/C15H26N2O4/c1-5-10-20-13(18)16-11-12-6-8-17(9-7-12)14(19)21-15(2,3)4/h5,12H,1,6-11H2,2-4H3,(H,16,18). The highest BCUT2D eigenvalue weighted by Gasteiger charge is 2.26. The molecule has 0 aliphatic carbocycles. The van der Waals surface area contributed by atoms with E-state index in [-0.39, 0.29) is 12.7 Å². The number of carbonyl (C=O) groups excluding carboxylic acids is 2. The summed E-state index contributed by atoms with van der Waals surface area (Å²) in [7, 11) is 0. The van der Waals surface area contributed by atoms with Crippen LogP contribution in [0.1, 0.15) is 33.6 Å². The zero-order chi connectivity index (χ0) is 15.9. The molecule has 1 aliphatic rings. The fourth-order valence-electron chi connectivity index (χ4n) is 2.06. The van der Waals surface area contributed by atoms with E-state index in [2.05, 4.69) is 11.9 Å². The Morgan fingerprint density at radius 1 is 1.33 bits per heavy atom. The number of nitrogens with one attached hydrogen (secondary N) is 1. The molecule has 0 spiro atoms. The van der Waals surface area contributed by atoms with E-state index in [0.717, 1.165) is 12.8 Å². The second-order valence-electron chi connectivity index (χ2n) is 6.18. The third-order valence-electron chi connectivity index (χ3n) is 3.13. The van der Waals surface area contributed by atoms with Crippen molar-refractivity contribution in [3.05, 3.63) is 12.7 Å². The SMILES string of the molecule is C=CCOC(=O)NCC1CCN(C(=O)OC(C)(C)C)CC1. The van der Waals surface area contributed by atoms with Crippen molar-refractivity contribution < 1.29 is 19.1 Å². The van der Waals surface area contributed by atoms with Gasteiger partial charge in [0, 0.05) is 19.6 Å². The summed E-state index contributed by atoms with van der Waals surface area (Å²) in [6.45, 7) is 11.1. The molecule has 1 aliphatic heterocycles. The number of ether oxygens (including phenoxy) is 2. The Labute approximate surface area is 126 Å². The third kappa shape index (κ3) is 7.02. The van der Waals surface area contributed by atoms with Crippen molar-refractivity contribution in [3.63, 3.8) is 0 Å². The Bertz CT molecular complexity index is 368. The van der Waals surface area contributed by atoms with Crippen LogP contribution in [0.4, 0.5) is 9.59 Å². The lowest BCUT2D eigenvalue weighted by Gasteiger charge is -2.33. The number of rotatable bonds is 4. The van der Waals surface area contributed by atoms with Gasteiger partial charge < -0.3 is 19.7 Å². The first-order valence-corrected chi connectivity index (χ1v) is 7.31. The molecule has 6 nitrogen and oxygen atoms in total. The van der Waals surface area contributed by atoms with Crippen LogP contribution in [0.2, 0.25) is 0 Å². The quantitative estimate of drug-likeness (QED) is 0.810. The monoisotopic (exact) mass is 298 g/mol. The Kier molecular flexibility index (Phi) is 6.52. The van der Waals surface area contributed by atoms with E-state index in [4.69, 9.17) is 9.47 Å². The number of carbonyl (C=O) groups is 2. The summed E-state index contributed by atoms with van der Waals surface area (Å²) >= 11 is 0. The summed E-state index contributed by atoms with van der Waals surface area (Å²) in [5.41, 5.74) is -0.468. The van der Waals surface area contributed by atoms with Crippen molar-refractivity contribution in [1.82, 2.24) is 10.2 Å². The summed E-state index contributed by atoms with van der Waals surface area (Å²) in [6, 6.07) is 0. The minimum absolute atomic E-state index is 0.211. The summed E-state index contributed by atoms with van der Waals surface area (Å²) in [4.78, 5) is 24.9. The molecule has 0 aromatic carbocycles. The molecule has 1 saturated heterocycles. The van der Waals surface area contributed by atoms with Crippen LogP contribution in [-0.4, -0.2) is 48.9 Å². The van der Waals surface area contributed by atoms with Gasteiger partial charge in [-0.2, -0.15) is 0 Å². The van der Waals surface area contributed by atoms with Crippen molar-refractivity contribution in [2.45, 2.75) is 39.2 Å². The molecule has 1 heterocycles. The van der Waals surface area contributed by atoms with Gasteiger partial charge in [0.05, 0.1) is 0 Å². The fourth-order valence-corrected chi connectivity index (χ4v) is 2.06. The van der Waals surface area contributed by atoms with E-state index in [0.29, 0.717) is 25.6 Å². The van der Waals surface area contributed by atoms with Crippen molar-refractivity contribution in [3.8, 4) is 0 Å². The molecule has 0 atom stereocenters. The molecule has 6 heteroatoms. The maximum Gasteiger partial charge on any atom is 0.410 e. The molecule has 1 fully saturated rings. The van der Waals surface area contributed by atoms with Crippen LogP contribution in [0.15, 0.2) is 12.7 Å². The zero-order valence-electron chi connectivity index (χ0n) is 13.2. The van der Waals surface area contributed by atoms with Crippen LogP contribution < -0.4 is 5.32 Å². The fraction of sp³-hybridized carbons (Fsp3) is 0.733. The molecule has 2 amide bonds. The predicted molar refractivity (Wildman–Crippen MR) is 80.1 cm³/mol. The van der Waals surface area contributed by atoms with Crippen LogP contribution in [0.25, 0.3) is 0 Å². The van der Waals surface area contributed by atoms with Gasteiger partial charge >= 0.3 is 12.2 Å². The van der Waals surface area contributed by atoms with E-state index in [1.807, 2.05) is 20.8 Å². The molecule has 120 valence electrons. The average molecular weight is 298 g/mol. The van der Waals surface area contributed by atoms with E-state index in [9.17, 15) is 9.59 Å². The number of hydrogen-bond donors (Lipinski definition) is 1. The van der Waals surface area contributed by atoms with Gasteiger partial charge in [-0.15, -0.1) is 0 Å². The minimum Gasteiger partial charge on any atom is -0.445 e. The molecular formula is C15H26N2O4. The van der Waals surface area contributed by atoms with Gasteiger partial charge in [-0.05, 0) is 39.5 Å². The maximum atomic E-state index is 11.9. The van der Waals surface area contributed by atoms with Crippen LogP contribution in [0.3, 0.4) is 0 Å². The first-order chi connectivity index (χ1) is 9.81. The van der Waals surface area contributed by atoms with Gasteiger partial charge in [0.1, 0.15) is 12.2 Å². The van der Waals surface area contributed by atoms with Crippen LogP contribution >= 0.6 is 0 Å². The van der Waals surface area contributed by atoms with Crippen LogP contribution in [0, 0.1) is 5.92 Å². The summed E-state index contributed by atoms with van der Waals surface area (Å²) in [5.74, 6) is 0.361. The second kappa shape index (κ2) is 7.90. The topological polar surface area (TPSA) is 67.9 Å². The number of nitrogens with zero attached hydrogens (tertiary/aromatic N) is 1. The summed E-state index contributed by atoms with van der Waals surface area (Å²) < 4.78 is 10.2. The number of hydrogen-bond acceptors (Lipinski definition) is 4. The average Bonchev–Trinajstić information content (AvgIpc) is 2.41. The smallest absolute Gasteiger partial charge is 0.410 e. The number of alkyl carbamates (subject to hydrolysis) is 1. The van der Waals surface area contributed by atoms with Gasteiger partial charge in [-0.3, -0.25) is 0 Å². The Morgan fingerprint density at radius 2 is 1.95 bits per heavy atom. The highest BCUT2D eigenvalue weighted by Crippen LogP contribution is 2.19. The first-order valence-electron chi connectivity index (χ1n) is 7.31. The number of piperidine rings is 1. The molecule has 1 N–H and O–H groups in total. The highest BCUT2D eigenvalue weighted by molar-refractivity contribution is 5.68. The highest BCUT2D eigenvalue weighted by atomic mass is 16.6. The molecule has 0 aromatic rings. The minimum atomic E-state index is -0.468. The molecule has 0 aromatic heterocycles. The van der Waals surface area contributed by atoms with Gasteiger partial charge in [0.2, 0.25) is 0 Å². The second-order valence-corrected chi connectivity index (χ2v) is 6.18. The maximum absolute atomic E-state index is 11.9. The van der Waals surface area contributed by atoms with Gasteiger partial charge in [0.25, 0.3) is 0 Å². The molecule has 0 radical (unpaired) electrons.